The Kier molecular flexibility index (Phi) is 4.09. The van der Waals surface area contributed by atoms with E-state index in [0.717, 1.165) is 10.9 Å². The van der Waals surface area contributed by atoms with Crippen LogP contribution < -0.4 is 5.32 Å². The van der Waals surface area contributed by atoms with Gasteiger partial charge in [-0.25, -0.2) is 0 Å². The molecule has 20 heavy (non-hydrogen) atoms. The Balaban J connectivity index is 1.75. The molecule has 1 nitrogen and oxygen atoms in total. The third-order valence-electron chi connectivity index (χ3n) is 4.05. The summed E-state index contributed by atoms with van der Waals surface area (Å²) in [6.07, 6.45) is 2.67. The molecule has 104 valence electrons. The highest BCUT2D eigenvalue weighted by atomic mass is 35.5. The minimum atomic E-state index is 0.332. The average Bonchev–Trinajstić information content (AvgIpc) is 3.31. The van der Waals surface area contributed by atoms with Crippen LogP contribution in [-0.2, 0) is 0 Å². The van der Waals surface area contributed by atoms with Gasteiger partial charge in [0.05, 0.1) is 0 Å². The van der Waals surface area contributed by atoms with Gasteiger partial charge in [0, 0.05) is 17.1 Å². The molecular weight excluding hydrogens is 266 g/mol. The minimum absolute atomic E-state index is 0.332. The van der Waals surface area contributed by atoms with Gasteiger partial charge in [0.25, 0.3) is 0 Å². The first kappa shape index (κ1) is 13.7. The molecule has 3 rings (SSSR count). The van der Waals surface area contributed by atoms with E-state index in [1.807, 2.05) is 12.1 Å². The average molecular weight is 286 g/mol. The van der Waals surface area contributed by atoms with Gasteiger partial charge in [-0.3, -0.25) is 0 Å². The van der Waals surface area contributed by atoms with Crippen molar-refractivity contribution in [3.05, 3.63) is 70.7 Å². The lowest BCUT2D eigenvalue weighted by Crippen LogP contribution is -2.26. The second-order valence-electron chi connectivity index (χ2n) is 5.67. The molecule has 2 aromatic rings. The maximum Gasteiger partial charge on any atom is 0.0406 e. The number of nitrogens with one attached hydrogen (secondary N) is 1. The first-order chi connectivity index (χ1) is 9.74. The largest absolute Gasteiger partial charge is 0.303 e. The summed E-state index contributed by atoms with van der Waals surface area (Å²) in [4.78, 5) is 0. The zero-order valence-electron chi connectivity index (χ0n) is 11.7. The van der Waals surface area contributed by atoms with E-state index in [0.29, 0.717) is 12.1 Å². The summed E-state index contributed by atoms with van der Waals surface area (Å²) in [7, 11) is 0. The predicted octanol–water partition coefficient (Wildman–Crippen LogP) is 5.14. The first-order valence-electron chi connectivity index (χ1n) is 7.30. The van der Waals surface area contributed by atoms with Gasteiger partial charge in [-0.1, -0.05) is 54.1 Å². The summed E-state index contributed by atoms with van der Waals surface area (Å²) in [6, 6.07) is 19.7. The molecule has 0 saturated heterocycles. The van der Waals surface area contributed by atoms with Crippen LogP contribution in [0.2, 0.25) is 5.02 Å². The molecule has 1 saturated carbocycles. The Labute approximate surface area is 126 Å². The molecule has 1 unspecified atom stereocenters. The van der Waals surface area contributed by atoms with E-state index in [1.54, 1.807) is 0 Å². The van der Waals surface area contributed by atoms with Crippen molar-refractivity contribution in [2.75, 3.05) is 0 Å². The highest BCUT2D eigenvalue weighted by molar-refractivity contribution is 6.30. The second-order valence-corrected chi connectivity index (χ2v) is 6.10. The highest BCUT2D eigenvalue weighted by Crippen LogP contribution is 2.42. The maximum atomic E-state index is 5.96. The third-order valence-corrected chi connectivity index (χ3v) is 4.30. The topological polar surface area (TPSA) is 12.0 Å². The molecule has 0 spiro atoms. The number of halogens is 1. The molecule has 1 aliphatic rings. The maximum absolute atomic E-state index is 5.96. The zero-order chi connectivity index (χ0) is 13.9. The highest BCUT2D eigenvalue weighted by Gasteiger charge is 2.32. The molecule has 0 aliphatic heterocycles. The van der Waals surface area contributed by atoms with E-state index in [4.69, 9.17) is 11.6 Å². The fraction of sp³-hybridized carbons (Fsp3) is 0.333. The normalized spacial score (nSPS) is 17.7. The van der Waals surface area contributed by atoms with Crippen LogP contribution in [0.25, 0.3) is 0 Å². The lowest BCUT2D eigenvalue weighted by molar-refractivity contribution is 0.427. The van der Waals surface area contributed by atoms with Gasteiger partial charge in [0.2, 0.25) is 0 Å². The smallest absolute Gasteiger partial charge is 0.0406 e. The van der Waals surface area contributed by atoms with Crippen molar-refractivity contribution in [1.82, 2.24) is 5.32 Å². The van der Waals surface area contributed by atoms with Gasteiger partial charge >= 0.3 is 0 Å². The van der Waals surface area contributed by atoms with Crippen LogP contribution in [0.1, 0.15) is 43.0 Å². The predicted molar refractivity (Wildman–Crippen MR) is 84.9 cm³/mol. The molecule has 2 heteroatoms. The SMILES string of the molecule is C[C@H](NC(c1ccccc1)C1CC1)c1ccc(Cl)cc1. The third kappa shape index (κ3) is 3.23. The van der Waals surface area contributed by atoms with Gasteiger partial charge in [-0.15, -0.1) is 0 Å². The number of rotatable bonds is 5. The lowest BCUT2D eigenvalue weighted by atomic mass is 9.99. The van der Waals surface area contributed by atoms with Crippen molar-refractivity contribution in [2.24, 2.45) is 5.92 Å². The quantitative estimate of drug-likeness (QED) is 0.802. The van der Waals surface area contributed by atoms with Crippen LogP contribution >= 0.6 is 11.6 Å². The molecule has 1 N–H and O–H groups in total. The Morgan fingerprint density at radius 3 is 2.20 bits per heavy atom. The summed E-state index contributed by atoms with van der Waals surface area (Å²) in [6.45, 7) is 2.22. The van der Waals surface area contributed by atoms with Gasteiger partial charge < -0.3 is 5.32 Å². The monoisotopic (exact) mass is 285 g/mol. The Bertz CT molecular complexity index is 545. The standard InChI is InChI=1S/C18H20ClN/c1-13(14-9-11-17(19)12-10-14)20-18(16-7-8-16)15-5-3-2-4-6-15/h2-6,9-13,16,18,20H,7-8H2,1H3/t13-,18?/m0/s1. The Morgan fingerprint density at radius 2 is 1.60 bits per heavy atom. The van der Waals surface area contributed by atoms with Gasteiger partial charge in [0.15, 0.2) is 0 Å². The van der Waals surface area contributed by atoms with Crippen molar-refractivity contribution in [1.29, 1.82) is 0 Å². The van der Waals surface area contributed by atoms with E-state index in [1.165, 1.54) is 24.0 Å². The van der Waals surface area contributed by atoms with Crippen LogP contribution in [0.15, 0.2) is 54.6 Å². The summed E-state index contributed by atoms with van der Waals surface area (Å²) in [5.41, 5.74) is 2.69. The number of hydrogen-bond donors (Lipinski definition) is 1. The number of hydrogen-bond acceptors (Lipinski definition) is 1. The summed E-state index contributed by atoms with van der Waals surface area (Å²) < 4.78 is 0. The van der Waals surface area contributed by atoms with Crippen molar-refractivity contribution in [2.45, 2.75) is 31.8 Å². The molecule has 2 atom stereocenters. The Morgan fingerprint density at radius 1 is 0.950 bits per heavy atom. The van der Waals surface area contributed by atoms with Crippen LogP contribution in [0.3, 0.4) is 0 Å². The second kappa shape index (κ2) is 5.99. The fourth-order valence-electron chi connectivity index (χ4n) is 2.71. The van der Waals surface area contributed by atoms with Crippen LogP contribution in [-0.4, -0.2) is 0 Å². The van der Waals surface area contributed by atoms with Crippen LogP contribution in [0.5, 0.6) is 0 Å². The van der Waals surface area contributed by atoms with E-state index in [9.17, 15) is 0 Å². The summed E-state index contributed by atoms with van der Waals surface area (Å²) in [5.74, 6) is 0.784. The van der Waals surface area contributed by atoms with E-state index in [2.05, 4.69) is 54.7 Å². The molecule has 1 fully saturated rings. The molecule has 0 radical (unpaired) electrons. The van der Waals surface area contributed by atoms with Crippen molar-refractivity contribution >= 4 is 11.6 Å². The first-order valence-corrected chi connectivity index (χ1v) is 7.68. The minimum Gasteiger partial charge on any atom is -0.303 e. The van der Waals surface area contributed by atoms with Gasteiger partial charge in [0.1, 0.15) is 0 Å². The van der Waals surface area contributed by atoms with Crippen molar-refractivity contribution in [3.63, 3.8) is 0 Å². The molecular formula is C18H20ClN. The zero-order valence-corrected chi connectivity index (χ0v) is 12.5. The number of benzene rings is 2. The van der Waals surface area contributed by atoms with Crippen molar-refractivity contribution in [3.8, 4) is 0 Å². The van der Waals surface area contributed by atoms with Gasteiger partial charge in [-0.05, 0) is 48.9 Å². The molecule has 0 heterocycles. The Hall–Kier alpha value is -1.31. The molecule has 0 aromatic heterocycles. The summed E-state index contributed by atoms with van der Waals surface area (Å²) in [5, 5.41) is 4.58. The molecule has 1 aliphatic carbocycles. The van der Waals surface area contributed by atoms with E-state index < -0.39 is 0 Å². The molecule has 0 amide bonds. The van der Waals surface area contributed by atoms with E-state index >= 15 is 0 Å². The van der Waals surface area contributed by atoms with Crippen LogP contribution in [0.4, 0.5) is 0 Å². The summed E-state index contributed by atoms with van der Waals surface area (Å²) >= 11 is 5.96. The lowest BCUT2D eigenvalue weighted by Gasteiger charge is -2.24. The molecule has 2 aromatic carbocycles. The fourth-order valence-corrected chi connectivity index (χ4v) is 2.84. The van der Waals surface area contributed by atoms with E-state index in [-0.39, 0.29) is 0 Å². The van der Waals surface area contributed by atoms with Crippen LogP contribution in [0, 0.1) is 5.92 Å². The molecule has 0 bridgehead atoms. The van der Waals surface area contributed by atoms with Gasteiger partial charge in [-0.2, -0.15) is 0 Å². The van der Waals surface area contributed by atoms with Crippen molar-refractivity contribution < 1.29 is 0 Å².